The van der Waals surface area contributed by atoms with Gasteiger partial charge in [0.25, 0.3) is 5.91 Å². The summed E-state index contributed by atoms with van der Waals surface area (Å²) in [6, 6.07) is 8.42. The van der Waals surface area contributed by atoms with Crippen LogP contribution in [0.5, 0.6) is 0 Å². The van der Waals surface area contributed by atoms with E-state index in [2.05, 4.69) is 20.4 Å². The number of nitrogens with zero attached hydrogens (tertiary/aromatic N) is 4. The predicted molar refractivity (Wildman–Crippen MR) is 121 cm³/mol. The van der Waals surface area contributed by atoms with Crippen LogP contribution in [-0.4, -0.2) is 30.8 Å². The van der Waals surface area contributed by atoms with Crippen molar-refractivity contribution in [3.63, 3.8) is 0 Å². The van der Waals surface area contributed by atoms with E-state index >= 15 is 0 Å². The second kappa shape index (κ2) is 8.58. The molecular weight excluding hydrogens is 473 g/mol. The highest BCUT2D eigenvalue weighted by atomic mass is 35.5. The Labute approximate surface area is 196 Å². The summed E-state index contributed by atoms with van der Waals surface area (Å²) in [5.41, 5.74) is 7.23. The second-order valence-corrected chi connectivity index (χ2v) is 7.94. The SMILES string of the molecule is Cc1nc(N)c2c(n1)c(C)nn2-c1ccc(NC(=O)[C@H](O)c2cccc(C(F)(F)F)c2)cc1Cl. The molecule has 0 aliphatic heterocycles. The monoisotopic (exact) mass is 490 g/mol. The minimum absolute atomic E-state index is 0.190. The summed E-state index contributed by atoms with van der Waals surface area (Å²) in [6.07, 6.45) is -6.42. The lowest BCUT2D eigenvalue weighted by atomic mass is 10.0. The molecule has 2 aromatic carbocycles. The zero-order valence-corrected chi connectivity index (χ0v) is 18.6. The zero-order chi connectivity index (χ0) is 24.8. The Morgan fingerprint density at radius 2 is 1.91 bits per heavy atom. The van der Waals surface area contributed by atoms with Gasteiger partial charge in [0.05, 0.1) is 22.0 Å². The molecule has 12 heteroatoms. The van der Waals surface area contributed by atoms with Crippen molar-refractivity contribution in [3.05, 3.63) is 70.1 Å². The van der Waals surface area contributed by atoms with Gasteiger partial charge in [0.15, 0.2) is 11.9 Å². The minimum Gasteiger partial charge on any atom is -0.382 e. The molecule has 0 radical (unpaired) electrons. The van der Waals surface area contributed by atoms with E-state index in [-0.39, 0.29) is 22.1 Å². The smallest absolute Gasteiger partial charge is 0.382 e. The molecule has 0 bridgehead atoms. The van der Waals surface area contributed by atoms with Crippen LogP contribution in [0.2, 0.25) is 5.02 Å². The van der Waals surface area contributed by atoms with Gasteiger partial charge in [-0.1, -0.05) is 23.7 Å². The molecule has 2 aromatic heterocycles. The first-order chi connectivity index (χ1) is 16.0. The van der Waals surface area contributed by atoms with Crippen LogP contribution in [0, 0.1) is 13.8 Å². The standard InChI is InChI=1S/C22H18ClF3N6O2/c1-10-17-18(20(27)29-11(2)28-17)32(31-10)16-7-6-14(9-15(16)23)30-21(34)19(33)12-4-3-5-13(8-12)22(24,25)26/h3-9,19,33H,1-2H3,(H,30,34)(H2,27,28,29)/t19-/m1/s1. The Hall–Kier alpha value is -3.70. The number of rotatable bonds is 4. The molecule has 0 aliphatic carbocycles. The number of carbonyl (C=O) groups is 1. The second-order valence-electron chi connectivity index (χ2n) is 7.53. The summed E-state index contributed by atoms with van der Waals surface area (Å²) in [7, 11) is 0. The summed E-state index contributed by atoms with van der Waals surface area (Å²) < 4.78 is 40.3. The first kappa shape index (κ1) is 23.5. The van der Waals surface area contributed by atoms with E-state index in [1.807, 2.05) is 0 Å². The number of nitrogens with two attached hydrogens (primary N) is 1. The third kappa shape index (κ3) is 4.39. The third-order valence-corrected chi connectivity index (χ3v) is 5.35. The fourth-order valence-corrected chi connectivity index (χ4v) is 3.74. The molecule has 0 fully saturated rings. The number of aliphatic hydroxyl groups is 1. The number of nitrogen functional groups attached to an aromatic ring is 1. The molecule has 1 atom stereocenters. The van der Waals surface area contributed by atoms with E-state index in [0.717, 1.165) is 18.2 Å². The lowest BCUT2D eigenvalue weighted by Crippen LogP contribution is -2.21. The van der Waals surface area contributed by atoms with Crippen molar-refractivity contribution < 1.29 is 23.1 Å². The number of fused-ring (bicyclic) bond motifs is 1. The number of aryl methyl sites for hydroxylation is 2. The summed E-state index contributed by atoms with van der Waals surface area (Å²) in [4.78, 5) is 21.0. The highest BCUT2D eigenvalue weighted by molar-refractivity contribution is 6.32. The van der Waals surface area contributed by atoms with Crippen LogP contribution in [0.25, 0.3) is 16.7 Å². The number of hydrogen-bond donors (Lipinski definition) is 3. The van der Waals surface area contributed by atoms with Gasteiger partial charge in [-0.15, -0.1) is 0 Å². The molecule has 0 unspecified atom stereocenters. The number of aliphatic hydroxyl groups excluding tert-OH is 1. The molecule has 8 nitrogen and oxygen atoms in total. The fraction of sp³-hybridized carbons (Fsp3) is 0.182. The maximum Gasteiger partial charge on any atom is 0.416 e. The largest absolute Gasteiger partial charge is 0.416 e. The number of anilines is 2. The summed E-state index contributed by atoms with van der Waals surface area (Å²) in [5, 5.41) is 17.3. The van der Waals surface area contributed by atoms with Crippen LogP contribution in [0.4, 0.5) is 24.7 Å². The molecule has 34 heavy (non-hydrogen) atoms. The van der Waals surface area contributed by atoms with Crippen molar-refractivity contribution >= 4 is 40.0 Å². The number of benzene rings is 2. The Balaban J connectivity index is 1.60. The molecule has 1 amide bonds. The molecule has 4 rings (SSSR count). The van der Waals surface area contributed by atoms with Gasteiger partial charge < -0.3 is 16.2 Å². The number of aromatic nitrogens is 4. The summed E-state index contributed by atoms with van der Waals surface area (Å²) >= 11 is 6.43. The molecule has 2 heterocycles. The van der Waals surface area contributed by atoms with E-state index in [0.29, 0.717) is 28.2 Å². The van der Waals surface area contributed by atoms with E-state index < -0.39 is 23.8 Å². The summed E-state index contributed by atoms with van der Waals surface area (Å²) in [6.45, 7) is 3.48. The number of carbonyl (C=O) groups excluding carboxylic acids is 1. The number of alkyl halides is 3. The van der Waals surface area contributed by atoms with Crippen LogP contribution in [0.3, 0.4) is 0 Å². The zero-order valence-electron chi connectivity index (χ0n) is 17.9. The fourth-order valence-electron chi connectivity index (χ4n) is 3.47. The topological polar surface area (TPSA) is 119 Å². The number of halogens is 4. The lowest BCUT2D eigenvalue weighted by molar-refractivity contribution is -0.138. The average molecular weight is 491 g/mol. The van der Waals surface area contributed by atoms with Crippen molar-refractivity contribution in [3.8, 4) is 5.69 Å². The van der Waals surface area contributed by atoms with Crippen LogP contribution in [0.1, 0.15) is 28.7 Å². The van der Waals surface area contributed by atoms with Crippen molar-refractivity contribution in [2.45, 2.75) is 26.1 Å². The minimum atomic E-state index is -4.60. The molecule has 0 spiro atoms. The quantitative estimate of drug-likeness (QED) is 0.391. The molecule has 176 valence electrons. The Bertz CT molecular complexity index is 1420. The van der Waals surface area contributed by atoms with Crippen molar-refractivity contribution in [1.82, 2.24) is 19.7 Å². The van der Waals surface area contributed by atoms with Gasteiger partial charge in [0.1, 0.15) is 16.9 Å². The Morgan fingerprint density at radius 1 is 1.18 bits per heavy atom. The molecule has 4 aromatic rings. The lowest BCUT2D eigenvalue weighted by Gasteiger charge is -2.15. The predicted octanol–water partition coefficient (Wildman–Crippen LogP) is 4.36. The highest BCUT2D eigenvalue weighted by Crippen LogP contribution is 2.32. The van der Waals surface area contributed by atoms with Crippen LogP contribution in [-0.2, 0) is 11.0 Å². The van der Waals surface area contributed by atoms with E-state index in [1.165, 1.54) is 22.9 Å². The maximum absolute atomic E-state index is 12.9. The normalized spacial score (nSPS) is 12.7. The van der Waals surface area contributed by atoms with Gasteiger partial charge in [-0.25, -0.2) is 14.6 Å². The van der Waals surface area contributed by atoms with Gasteiger partial charge in [0.2, 0.25) is 0 Å². The number of amides is 1. The maximum atomic E-state index is 12.9. The third-order valence-electron chi connectivity index (χ3n) is 5.05. The average Bonchev–Trinajstić information content (AvgIpc) is 3.09. The summed E-state index contributed by atoms with van der Waals surface area (Å²) in [5.74, 6) is -0.200. The molecule has 0 saturated carbocycles. The van der Waals surface area contributed by atoms with E-state index in [1.54, 1.807) is 19.9 Å². The van der Waals surface area contributed by atoms with Crippen LogP contribution in [0.15, 0.2) is 42.5 Å². The molecule has 0 aliphatic rings. The number of hydrogen-bond acceptors (Lipinski definition) is 6. The van der Waals surface area contributed by atoms with Crippen molar-refractivity contribution in [1.29, 1.82) is 0 Å². The van der Waals surface area contributed by atoms with Crippen LogP contribution >= 0.6 is 11.6 Å². The molecule has 0 saturated heterocycles. The van der Waals surface area contributed by atoms with Crippen molar-refractivity contribution in [2.24, 2.45) is 0 Å². The van der Waals surface area contributed by atoms with Gasteiger partial charge in [-0.2, -0.15) is 18.3 Å². The van der Waals surface area contributed by atoms with E-state index in [4.69, 9.17) is 17.3 Å². The Kier molecular flexibility index (Phi) is 5.92. The van der Waals surface area contributed by atoms with E-state index in [9.17, 15) is 23.1 Å². The van der Waals surface area contributed by atoms with Gasteiger partial charge in [-0.05, 0) is 49.7 Å². The molecular formula is C22H18ClF3N6O2. The van der Waals surface area contributed by atoms with Gasteiger partial charge >= 0.3 is 6.18 Å². The first-order valence-corrected chi connectivity index (χ1v) is 10.3. The van der Waals surface area contributed by atoms with Crippen LogP contribution < -0.4 is 11.1 Å². The molecule has 4 N–H and O–H groups in total. The van der Waals surface area contributed by atoms with Crippen molar-refractivity contribution in [2.75, 3.05) is 11.1 Å². The highest BCUT2D eigenvalue weighted by Gasteiger charge is 2.31. The first-order valence-electron chi connectivity index (χ1n) is 9.91. The van der Waals surface area contributed by atoms with Gasteiger partial charge in [0, 0.05) is 5.69 Å². The van der Waals surface area contributed by atoms with Gasteiger partial charge in [-0.3, -0.25) is 4.79 Å². The number of nitrogens with one attached hydrogen (secondary N) is 1. The Morgan fingerprint density at radius 3 is 2.59 bits per heavy atom.